The van der Waals surface area contributed by atoms with Crippen LogP contribution in [0.4, 0.5) is 25.0 Å². The molecule has 624 valence electrons. The molecule has 0 bridgehead atoms. The largest absolute Gasteiger partial charge is 0.445 e. The molecule has 4 fully saturated rings. The summed E-state index contributed by atoms with van der Waals surface area (Å²) in [6.45, 7) is 3.90. The number of nitrogens with zero attached hydrogens (tertiary/aromatic N) is 20. The highest BCUT2D eigenvalue weighted by Crippen LogP contribution is 2.39. The van der Waals surface area contributed by atoms with Crippen LogP contribution in [-0.4, -0.2) is 155 Å². The normalized spacial score (nSPS) is 15.7. The van der Waals surface area contributed by atoms with Crippen molar-refractivity contribution in [2.24, 2.45) is 5.73 Å². The van der Waals surface area contributed by atoms with Crippen LogP contribution in [0.15, 0.2) is 211 Å². The Bertz CT molecular complexity index is 5560. The third-order valence-corrected chi connectivity index (χ3v) is 21.9. The molecule has 0 aliphatic carbocycles. The monoisotopic (exact) mass is 1860 g/mol. The summed E-state index contributed by atoms with van der Waals surface area (Å²) in [6.07, 6.45) is 26.1. The number of carbonyl (C=O) groups excluding carboxylic acids is 5. The van der Waals surface area contributed by atoms with E-state index in [2.05, 4.69) is 97.0 Å². The van der Waals surface area contributed by atoms with E-state index in [9.17, 15) is 24.0 Å². The fraction of sp³-hybridized carbons (Fsp3) is 0.268. The Kier molecular flexibility index (Phi) is 32.1. The summed E-state index contributed by atoms with van der Waals surface area (Å²) in [7, 11) is 0. The van der Waals surface area contributed by atoms with E-state index in [-0.39, 0.29) is 91.3 Å². The zero-order valence-corrected chi connectivity index (χ0v) is 71.5. The Morgan fingerprint density at radius 1 is 0.438 bits per heavy atom. The minimum absolute atomic E-state index is 0.121. The van der Waals surface area contributed by atoms with Crippen LogP contribution in [0.2, 0.25) is 25.8 Å². The lowest BCUT2D eigenvalue weighted by Gasteiger charge is -2.23. The van der Waals surface area contributed by atoms with Gasteiger partial charge < -0.3 is 35.7 Å². The summed E-state index contributed by atoms with van der Waals surface area (Å²) in [6, 6.07) is 39.2. The van der Waals surface area contributed by atoms with E-state index in [1.165, 1.54) is 35.9 Å². The second kappa shape index (κ2) is 43.9. The number of anilines is 1. The number of aromatic nitrogens is 15. The van der Waals surface area contributed by atoms with Gasteiger partial charge in [-0.3, -0.25) is 47.6 Å². The summed E-state index contributed by atoms with van der Waals surface area (Å²) in [4.78, 5) is 118. The van der Waals surface area contributed by atoms with Crippen LogP contribution in [0.1, 0.15) is 126 Å². The van der Waals surface area contributed by atoms with Crippen LogP contribution in [0.25, 0.3) is 16.6 Å². The van der Waals surface area contributed by atoms with Gasteiger partial charge in [0.15, 0.2) is 37.3 Å². The number of nitrogen functional groups attached to an aromatic ring is 1. The van der Waals surface area contributed by atoms with Crippen molar-refractivity contribution in [1.82, 2.24) is 97.9 Å². The number of nitrogens with one attached hydrogen (secondary N) is 1. The van der Waals surface area contributed by atoms with Crippen molar-refractivity contribution < 1.29 is 42.9 Å². The van der Waals surface area contributed by atoms with Gasteiger partial charge in [-0.15, -0.1) is 0 Å². The molecule has 4 aliphatic rings. The molecule has 39 heteroatoms. The zero-order valence-electron chi connectivity index (χ0n) is 64.5. The van der Waals surface area contributed by atoms with Gasteiger partial charge in [-0.25, -0.2) is 69.0 Å². The lowest BCUT2D eigenvalue weighted by atomic mass is 10.2. The van der Waals surface area contributed by atoms with Gasteiger partial charge in [0, 0.05) is 107 Å². The third kappa shape index (κ3) is 23.2. The maximum atomic E-state index is 12.6. The lowest BCUT2D eigenvalue weighted by molar-refractivity contribution is -0.125. The molecule has 9 aromatic heterocycles. The van der Waals surface area contributed by atoms with Crippen molar-refractivity contribution in [3.8, 4) is 6.07 Å². The smallest absolute Gasteiger partial charge is 0.410 e. The van der Waals surface area contributed by atoms with Crippen LogP contribution >= 0.6 is 89.9 Å². The van der Waals surface area contributed by atoms with Crippen LogP contribution in [-0.2, 0) is 63.3 Å². The first-order valence-electron chi connectivity index (χ1n) is 38.0. The van der Waals surface area contributed by atoms with E-state index in [1.807, 2.05) is 147 Å². The first kappa shape index (κ1) is 88.5. The first-order chi connectivity index (χ1) is 58.9. The first-order valence-corrected chi connectivity index (χ1v) is 41.4. The topological polar surface area (TPSA) is 391 Å². The number of likely N-dealkylation sites (tertiary alicyclic amines) is 4. The number of benzene rings is 4. The summed E-state index contributed by atoms with van der Waals surface area (Å²) in [5.41, 5.74) is 18.5. The molecule has 4 aromatic carbocycles. The van der Waals surface area contributed by atoms with E-state index in [0.717, 1.165) is 90.2 Å². The summed E-state index contributed by atoms with van der Waals surface area (Å²) >= 11 is 36.1. The van der Waals surface area contributed by atoms with Gasteiger partial charge >= 0.3 is 24.4 Å². The van der Waals surface area contributed by atoms with Crippen molar-refractivity contribution in [2.45, 2.75) is 115 Å². The van der Waals surface area contributed by atoms with Gasteiger partial charge in [0.2, 0.25) is 5.91 Å². The van der Waals surface area contributed by atoms with E-state index in [1.54, 1.807) is 58.0 Å². The van der Waals surface area contributed by atoms with Gasteiger partial charge in [-0.1, -0.05) is 179 Å². The Morgan fingerprint density at radius 3 is 1.26 bits per heavy atom. The molecule has 32 nitrogen and oxygen atoms in total. The molecular formula is C82H78Br2Cl5N23O9. The fourth-order valence-electron chi connectivity index (χ4n) is 13.5. The molecule has 0 unspecified atom stereocenters. The highest BCUT2D eigenvalue weighted by molar-refractivity contribution is 9.10. The van der Waals surface area contributed by atoms with Crippen molar-refractivity contribution in [3.05, 3.63) is 294 Å². The predicted octanol–water partition coefficient (Wildman–Crippen LogP) is 16.2. The number of nitriles is 1. The molecule has 0 spiro atoms. The number of halogens is 7. The molecule has 13 heterocycles. The van der Waals surface area contributed by atoms with Crippen LogP contribution in [0.3, 0.4) is 0 Å². The highest BCUT2D eigenvalue weighted by Gasteiger charge is 2.39. The van der Waals surface area contributed by atoms with E-state index in [0.29, 0.717) is 92.0 Å². The summed E-state index contributed by atoms with van der Waals surface area (Å²) in [5, 5.41) is 12.6. The Morgan fingerprint density at radius 2 is 0.818 bits per heavy atom. The van der Waals surface area contributed by atoms with Gasteiger partial charge in [0.1, 0.15) is 81.8 Å². The lowest BCUT2D eigenvalue weighted by Crippen LogP contribution is -2.46. The molecule has 5 amide bonds. The summed E-state index contributed by atoms with van der Waals surface area (Å²) in [5.74, 6) is 2.45. The van der Waals surface area contributed by atoms with E-state index >= 15 is 0 Å². The maximum absolute atomic E-state index is 12.6. The third-order valence-electron chi connectivity index (χ3n) is 19.3. The van der Waals surface area contributed by atoms with Crippen LogP contribution < -0.4 is 16.8 Å². The molecule has 5 N–H and O–H groups in total. The number of fused-ring (bicyclic) bond motifs is 3. The molecular weight excluding hydrogens is 1790 g/mol. The number of imidazole rings is 3. The second-order valence-electron chi connectivity index (χ2n) is 27.0. The Labute approximate surface area is 735 Å². The second-order valence-corrected chi connectivity index (χ2v) is 30.3. The zero-order chi connectivity index (χ0) is 85.2. The summed E-state index contributed by atoms with van der Waals surface area (Å²) < 4.78 is 28.7. The Hall–Kier alpha value is -11.8. The highest BCUT2D eigenvalue weighted by atomic mass is 79.9. The molecule has 0 saturated carbocycles. The van der Waals surface area contributed by atoms with Gasteiger partial charge in [0.25, 0.3) is 0 Å². The Balaban J connectivity index is 0.000000138. The van der Waals surface area contributed by atoms with Crippen LogP contribution in [0, 0.1) is 11.3 Å². The van der Waals surface area contributed by atoms with Crippen molar-refractivity contribution in [2.75, 3.05) is 31.9 Å². The molecule has 4 saturated heterocycles. The maximum Gasteiger partial charge on any atom is 0.410 e. The van der Waals surface area contributed by atoms with Crippen molar-refractivity contribution in [3.63, 3.8) is 0 Å². The number of ether oxygens (including phenoxy) is 4. The molecule has 4 atom stereocenters. The minimum Gasteiger partial charge on any atom is -0.445 e. The molecule has 17 rings (SSSR count). The standard InChI is InChI=1S/C18H16BrClN4O2.C18H18BrN5O2.C18H19ClN4O3.C18H17ClN4O2.C5H6ClN3.C5H2ClN3/c2*19-15-14-16(20)21-8-10-24(14)17(22-15)13-7-4-9-23(13)18(25)26-11-12-5-2-1-3-6-12;19-16-14(20-8-9-21-16)11-22-17(24)15-7-4-10-23(15)18(25)26-12-13-5-2-1-3-6-13;19-16-15-11-21-17(22(15)10-8-20-16)14-7-4-9-23(14)18(24)25-12-13-5-2-1-3-6-13;2*6-5-4(3-7)8-1-2-9-5/h1-3,5-6,8,10,13H,4,7,9,11H2;1-3,5-6,8,10,13H,4,7,9,11H2,(H2,20,21);1-3,5-6,8-9,15H,4,7,10-12H2,(H,22,24);1-3,5-6,8,10-11,14H,4,7,9,12H2;1-2H,3,7H2;1-2H/t2*13-;15-;14-;;/m0000../s1. The molecule has 121 heavy (non-hydrogen) atoms. The predicted molar refractivity (Wildman–Crippen MR) is 457 cm³/mol. The average molecular weight is 1870 g/mol. The number of amides is 5. The quantitative estimate of drug-likeness (QED) is 0.0802. The number of carbonyl (C=O) groups is 5. The van der Waals surface area contributed by atoms with Crippen molar-refractivity contribution >= 4 is 143 Å². The van der Waals surface area contributed by atoms with E-state index < -0.39 is 12.1 Å². The number of rotatable bonds is 15. The average Bonchev–Trinajstić information content (AvgIpc) is 1.63. The number of nitrogens with two attached hydrogens (primary N) is 2. The van der Waals surface area contributed by atoms with Crippen molar-refractivity contribution in [1.29, 1.82) is 5.26 Å². The fourth-order valence-corrected chi connectivity index (χ4v) is 15.7. The van der Waals surface area contributed by atoms with Gasteiger partial charge in [0.05, 0.1) is 42.3 Å². The molecule has 0 radical (unpaired) electrons. The minimum atomic E-state index is -0.547. The molecule has 13 aromatic rings. The van der Waals surface area contributed by atoms with Gasteiger partial charge in [-0.2, -0.15) is 5.26 Å². The molecule has 4 aliphatic heterocycles. The SMILES string of the molecule is N#Cc1nccnc1Cl.NCc1nccnc1Cl.Nc1nccn2c([C@@H]3CCCN3C(=O)OCc3ccccc3)nc(Br)c12.O=C(NCc1nccnc1Cl)[C@@H]1CCCN1C(=O)OCc1ccccc1.O=C(OCc1ccccc1)N1CCC[C@H]1c1nc(Br)c2c(Cl)nccn12.O=C(OCc1ccccc1)N1CCC[C@H]1c1ncc2c(Cl)nccn12. The van der Waals surface area contributed by atoms with Crippen LogP contribution in [0.5, 0.6) is 0 Å². The number of hydrogen-bond acceptors (Lipinski definition) is 24. The van der Waals surface area contributed by atoms with Gasteiger partial charge in [-0.05, 0) is 105 Å². The van der Waals surface area contributed by atoms with E-state index in [4.69, 9.17) is 93.7 Å². The number of hydrogen-bond donors (Lipinski definition) is 3.